The van der Waals surface area contributed by atoms with Gasteiger partial charge in [0.2, 0.25) is 0 Å². The van der Waals surface area contributed by atoms with E-state index in [1.54, 1.807) is 36.4 Å². The summed E-state index contributed by atoms with van der Waals surface area (Å²) in [5.41, 5.74) is 3.92. The minimum atomic E-state index is -0.528. The summed E-state index contributed by atoms with van der Waals surface area (Å²) in [5, 5.41) is 3.90. The second kappa shape index (κ2) is 11.7. The van der Waals surface area contributed by atoms with Crippen molar-refractivity contribution in [2.45, 2.75) is 0 Å². The summed E-state index contributed by atoms with van der Waals surface area (Å²) >= 11 is 0. The molecule has 7 heteroatoms. The van der Waals surface area contributed by atoms with Crippen LogP contribution in [0.25, 0.3) is 6.08 Å². The molecule has 0 fully saturated rings. The number of carbonyl (C=O) groups excluding carboxylic acids is 2. The number of nitrogens with one attached hydrogen (secondary N) is 1. The topological polar surface area (TPSA) is 86.2 Å². The van der Waals surface area contributed by atoms with Gasteiger partial charge in [-0.15, -0.1) is 0 Å². The number of benzene rings is 3. The van der Waals surface area contributed by atoms with Gasteiger partial charge in [-0.1, -0.05) is 48.5 Å². The van der Waals surface area contributed by atoms with Crippen molar-refractivity contribution in [1.82, 2.24) is 5.43 Å². The first-order chi connectivity index (χ1) is 15.6. The molecule has 0 unspecified atom stereocenters. The molecule has 1 N–H and O–H groups in total. The zero-order valence-electron chi connectivity index (χ0n) is 17.4. The summed E-state index contributed by atoms with van der Waals surface area (Å²) in [4.78, 5) is 23.9. The third-order valence-corrected chi connectivity index (χ3v) is 4.13. The van der Waals surface area contributed by atoms with Crippen LogP contribution in [0, 0.1) is 0 Å². The van der Waals surface area contributed by atoms with Crippen molar-refractivity contribution in [3.8, 4) is 17.2 Å². The Hall–Kier alpha value is -4.39. The van der Waals surface area contributed by atoms with Gasteiger partial charge < -0.3 is 14.2 Å². The smallest absolute Gasteiger partial charge is 0.336 e. The first-order valence-corrected chi connectivity index (χ1v) is 9.77. The van der Waals surface area contributed by atoms with E-state index < -0.39 is 11.9 Å². The molecule has 0 aliphatic rings. The number of nitrogens with zero attached hydrogens (tertiary/aromatic N) is 1. The monoisotopic (exact) mass is 430 g/mol. The highest BCUT2D eigenvalue weighted by molar-refractivity contribution is 5.89. The maximum absolute atomic E-state index is 12.1. The van der Waals surface area contributed by atoms with Crippen molar-refractivity contribution in [3.63, 3.8) is 0 Å². The molecule has 0 heterocycles. The maximum atomic E-state index is 12.1. The van der Waals surface area contributed by atoms with Gasteiger partial charge >= 0.3 is 5.97 Å². The van der Waals surface area contributed by atoms with Crippen molar-refractivity contribution in [2.24, 2.45) is 5.10 Å². The molecule has 162 valence electrons. The Morgan fingerprint density at radius 3 is 2.34 bits per heavy atom. The Bertz CT molecular complexity index is 1100. The zero-order chi connectivity index (χ0) is 22.6. The number of methoxy groups -OCH3 is 1. The molecule has 0 aliphatic carbocycles. The molecule has 3 aromatic rings. The zero-order valence-corrected chi connectivity index (χ0v) is 17.4. The van der Waals surface area contributed by atoms with E-state index in [2.05, 4.69) is 10.5 Å². The molecule has 0 aromatic heterocycles. The molecule has 0 spiro atoms. The average molecular weight is 430 g/mol. The predicted octanol–water partition coefficient (Wildman–Crippen LogP) is 3.84. The second-order valence-corrected chi connectivity index (χ2v) is 6.47. The molecule has 0 atom stereocenters. The lowest BCUT2D eigenvalue weighted by molar-refractivity contribution is -0.129. The molecule has 0 aliphatic heterocycles. The third kappa shape index (κ3) is 7.14. The summed E-state index contributed by atoms with van der Waals surface area (Å²) in [6, 6.07) is 23.4. The van der Waals surface area contributed by atoms with Crippen molar-refractivity contribution in [2.75, 3.05) is 13.7 Å². The van der Waals surface area contributed by atoms with E-state index in [-0.39, 0.29) is 12.4 Å². The van der Waals surface area contributed by atoms with Crippen LogP contribution in [-0.4, -0.2) is 31.8 Å². The van der Waals surface area contributed by atoms with Crippen molar-refractivity contribution in [1.29, 1.82) is 0 Å². The van der Waals surface area contributed by atoms with Gasteiger partial charge in [-0.05, 0) is 47.5 Å². The molecule has 1 amide bonds. The molecule has 7 nitrogen and oxygen atoms in total. The summed E-state index contributed by atoms with van der Waals surface area (Å²) in [5.74, 6) is 0.300. The fourth-order valence-corrected chi connectivity index (χ4v) is 2.60. The molecule has 0 saturated heterocycles. The van der Waals surface area contributed by atoms with E-state index in [1.807, 2.05) is 48.5 Å². The lowest BCUT2D eigenvalue weighted by Gasteiger charge is -2.08. The highest BCUT2D eigenvalue weighted by Gasteiger charge is 2.09. The number of amides is 1. The van der Waals surface area contributed by atoms with Crippen LogP contribution in [0.15, 0.2) is 90.0 Å². The van der Waals surface area contributed by atoms with E-state index >= 15 is 0 Å². The first kappa shape index (κ1) is 22.3. The SMILES string of the molecule is COc1cc(/C=N\NC(=O)COc2ccccc2)ccc1OC(=O)/C=C/c1ccccc1. The molecule has 0 saturated carbocycles. The summed E-state index contributed by atoms with van der Waals surface area (Å²) < 4.78 is 16.0. The van der Waals surface area contributed by atoms with Gasteiger partial charge in [-0.25, -0.2) is 10.2 Å². The Morgan fingerprint density at radius 1 is 0.906 bits per heavy atom. The van der Waals surface area contributed by atoms with Crippen LogP contribution < -0.4 is 19.6 Å². The number of hydrogen-bond donors (Lipinski definition) is 1. The van der Waals surface area contributed by atoms with E-state index in [9.17, 15) is 9.59 Å². The standard InChI is InChI=1S/C25H22N2O5/c1-30-23-16-20(17-26-27-24(28)18-31-21-10-6-3-7-11-21)12-14-22(23)32-25(29)15-13-19-8-4-2-5-9-19/h2-17H,18H2,1H3,(H,27,28)/b15-13+,26-17-. The fourth-order valence-electron chi connectivity index (χ4n) is 2.60. The molecule has 0 radical (unpaired) electrons. The maximum Gasteiger partial charge on any atom is 0.336 e. The summed E-state index contributed by atoms with van der Waals surface area (Å²) in [6.07, 6.45) is 4.46. The molecular formula is C25H22N2O5. The van der Waals surface area contributed by atoms with Gasteiger partial charge in [-0.2, -0.15) is 5.10 Å². The Balaban J connectivity index is 1.53. The van der Waals surface area contributed by atoms with Gasteiger partial charge in [0.15, 0.2) is 18.1 Å². The highest BCUT2D eigenvalue weighted by atomic mass is 16.6. The van der Waals surface area contributed by atoms with Crippen molar-refractivity contribution < 1.29 is 23.8 Å². The Kier molecular flexibility index (Phi) is 8.16. The number of rotatable bonds is 9. The lowest BCUT2D eigenvalue weighted by atomic mass is 10.2. The van der Waals surface area contributed by atoms with Crippen LogP contribution in [0.2, 0.25) is 0 Å². The largest absolute Gasteiger partial charge is 0.493 e. The number of carbonyl (C=O) groups is 2. The quantitative estimate of drug-likeness (QED) is 0.183. The first-order valence-electron chi connectivity index (χ1n) is 9.77. The van der Waals surface area contributed by atoms with Crippen LogP contribution in [0.3, 0.4) is 0 Å². The normalized spacial score (nSPS) is 10.8. The molecule has 3 aromatic carbocycles. The van der Waals surface area contributed by atoms with Gasteiger partial charge in [0.25, 0.3) is 5.91 Å². The second-order valence-electron chi connectivity index (χ2n) is 6.47. The average Bonchev–Trinajstić information content (AvgIpc) is 2.83. The van der Waals surface area contributed by atoms with Crippen LogP contribution in [0.4, 0.5) is 0 Å². The highest BCUT2D eigenvalue weighted by Crippen LogP contribution is 2.27. The van der Waals surface area contributed by atoms with E-state index in [0.29, 0.717) is 17.1 Å². The van der Waals surface area contributed by atoms with E-state index in [1.165, 1.54) is 19.4 Å². The van der Waals surface area contributed by atoms with E-state index in [0.717, 1.165) is 5.56 Å². The number of para-hydroxylation sites is 1. The van der Waals surface area contributed by atoms with Gasteiger partial charge in [0.05, 0.1) is 13.3 Å². The lowest BCUT2D eigenvalue weighted by Crippen LogP contribution is -2.24. The van der Waals surface area contributed by atoms with Crippen molar-refractivity contribution >= 4 is 24.2 Å². The Labute approximate surface area is 185 Å². The van der Waals surface area contributed by atoms with Crippen LogP contribution in [-0.2, 0) is 9.59 Å². The van der Waals surface area contributed by atoms with Crippen molar-refractivity contribution in [3.05, 3.63) is 96.1 Å². The van der Waals surface area contributed by atoms with Gasteiger partial charge in [0, 0.05) is 6.08 Å². The number of hydrogen-bond acceptors (Lipinski definition) is 6. The van der Waals surface area contributed by atoms with Gasteiger partial charge in [-0.3, -0.25) is 4.79 Å². The molecular weight excluding hydrogens is 408 g/mol. The number of hydrazone groups is 1. The molecule has 0 bridgehead atoms. The minimum Gasteiger partial charge on any atom is -0.493 e. The minimum absolute atomic E-state index is 0.157. The molecule has 32 heavy (non-hydrogen) atoms. The third-order valence-electron chi connectivity index (χ3n) is 4.13. The van der Waals surface area contributed by atoms with Gasteiger partial charge in [0.1, 0.15) is 5.75 Å². The van der Waals surface area contributed by atoms with E-state index in [4.69, 9.17) is 14.2 Å². The summed E-state index contributed by atoms with van der Waals surface area (Å²) in [6.45, 7) is -0.157. The predicted molar refractivity (Wildman–Crippen MR) is 122 cm³/mol. The number of ether oxygens (including phenoxy) is 3. The van der Waals surface area contributed by atoms with Crippen LogP contribution in [0.5, 0.6) is 17.2 Å². The number of esters is 1. The Morgan fingerprint density at radius 2 is 1.62 bits per heavy atom. The summed E-state index contributed by atoms with van der Waals surface area (Å²) in [7, 11) is 1.47. The van der Waals surface area contributed by atoms with Crippen LogP contribution in [0.1, 0.15) is 11.1 Å². The molecule has 3 rings (SSSR count). The van der Waals surface area contributed by atoms with Crippen LogP contribution >= 0.6 is 0 Å². The fraction of sp³-hybridized carbons (Fsp3) is 0.0800.